The fourth-order valence-corrected chi connectivity index (χ4v) is 3.57. The van der Waals surface area contributed by atoms with Crippen molar-refractivity contribution in [1.29, 1.82) is 0 Å². The van der Waals surface area contributed by atoms with E-state index in [2.05, 4.69) is 9.97 Å². The van der Waals surface area contributed by atoms with Crippen molar-refractivity contribution in [3.8, 4) is 0 Å². The molecule has 31 heavy (non-hydrogen) atoms. The number of aryl methyl sites for hydroxylation is 2. The van der Waals surface area contributed by atoms with Gasteiger partial charge in [-0.3, -0.25) is 19.1 Å². The van der Waals surface area contributed by atoms with Crippen LogP contribution in [0.5, 0.6) is 0 Å². The van der Waals surface area contributed by atoms with Crippen LogP contribution in [0, 0.1) is 6.92 Å². The number of nitrogens with one attached hydrogen (secondary N) is 1. The van der Waals surface area contributed by atoms with Crippen LogP contribution < -0.4 is 11.2 Å². The van der Waals surface area contributed by atoms with E-state index >= 15 is 0 Å². The summed E-state index contributed by atoms with van der Waals surface area (Å²) in [7, 11) is 0. The highest BCUT2D eigenvalue weighted by Crippen LogP contribution is 2.23. The van der Waals surface area contributed by atoms with Crippen molar-refractivity contribution in [3.05, 3.63) is 61.8 Å². The Hall–Kier alpha value is -3.16. The summed E-state index contributed by atoms with van der Waals surface area (Å²) in [6, 6.07) is 5.23. The molecule has 0 atom stereocenters. The van der Waals surface area contributed by atoms with Crippen LogP contribution >= 0.6 is 0 Å². The van der Waals surface area contributed by atoms with Gasteiger partial charge in [-0.25, -0.2) is 9.78 Å². The highest BCUT2D eigenvalue weighted by molar-refractivity contribution is 6.05. The maximum atomic E-state index is 13.7. The number of carbonyl (C=O) groups is 1. The lowest BCUT2D eigenvalue weighted by atomic mass is 10.0. The van der Waals surface area contributed by atoms with Gasteiger partial charge in [0.1, 0.15) is 11.5 Å². The molecule has 0 bridgehead atoms. The monoisotopic (exact) mass is 426 g/mol. The lowest BCUT2D eigenvalue weighted by Gasteiger charge is -2.27. The molecule has 0 saturated heterocycles. The third-order valence-corrected chi connectivity index (χ3v) is 5.24. The van der Waals surface area contributed by atoms with Crippen LogP contribution in [0.3, 0.4) is 0 Å². The van der Waals surface area contributed by atoms with Crippen molar-refractivity contribution in [1.82, 2.24) is 19.4 Å². The van der Waals surface area contributed by atoms with Gasteiger partial charge in [0.15, 0.2) is 5.65 Å². The fourth-order valence-electron chi connectivity index (χ4n) is 3.57. The molecule has 0 saturated carbocycles. The average Bonchev–Trinajstić information content (AvgIpc) is 3.12. The summed E-state index contributed by atoms with van der Waals surface area (Å²) in [5.41, 5.74) is 0.0386. The molecule has 1 amide bonds. The van der Waals surface area contributed by atoms with Crippen LogP contribution in [-0.4, -0.2) is 31.4 Å². The lowest BCUT2D eigenvalue weighted by molar-refractivity contribution is 0.0677. The Morgan fingerprint density at radius 3 is 2.48 bits per heavy atom. The third-order valence-electron chi connectivity index (χ3n) is 5.24. The molecule has 0 aliphatic heterocycles. The molecular weight excluding hydrogens is 396 g/mol. The van der Waals surface area contributed by atoms with Gasteiger partial charge >= 0.3 is 5.69 Å². The minimum Gasteiger partial charge on any atom is -0.464 e. The maximum absolute atomic E-state index is 13.7. The molecule has 0 aliphatic rings. The molecule has 166 valence electrons. The molecule has 3 rings (SSSR count). The summed E-state index contributed by atoms with van der Waals surface area (Å²) in [6.45, 7) is 12.2. The lowest BCUT2D eigenvalue weighted by Crippen LogP contribution is -2.38. The van der Waals surface area contributed by atoms with E-state index in [9.17, 15) is 14.4 Å². The number of furan rings is 1. The SMILES string of the molecule is CCCn1c(=O)[nH]c(=O)c2c(C(=O)N(Cc3ccc(C)o3)C(C)C)cc(C(C)C)nc21. The van der Waals surface area contributed by atoms with E-state index < -0.39 is 11.2 Å². The number of carbonyl (C=O) groups excluding carboxylic acids is 1. The van der Waals surface area contributed by atoms with Crippen LogP contribution in [0.4, 0.5) is 0 Å². The molecule has 0 aromatic carbocycles. The maximum Gasteiger partial charge on any atom is 0.329 e. The minimum absolute atomic E-state index is 0.0145. The Morgan fingerprint density at radius 2 is 1.94 bits per heavy atom. The fraction of sp³-hybridized carbons (Fsp3) is 0.478. The van der Waals surface area contributed by atoms with E-state index in [4.69, 9.17) is 4.42 Å². The molecule has 8 heteroatoms. The Labute approximate surface area is 180 Å². The molecule has 3 aromatic rings. The van der Waals surface area contributed by atoms with E-state index in [-0.39, 0.29) is 41.0 Å². The van der Waals surface area contributed by atoms with Crippen LogP contribution in [0.25, 0.3) is 11.0 Å². The average molecular weight is 427 g/mol. The molecule has 0 radical (unpaired) electrons. The number of amides is 1. The number of fused-ring (bicyclic) bond motifs is 1. The molecule has 8 nitrogen and oxygen atoms in total. The van der Waals surface area contributed by atoms with Crippen LogP contribution in [-0.2, 0) is 13.1 Å². The van der Waals surface area contributed by atoms with Gasteiger partial charge in [0, 0.05) is 18.3 Å². The van der Waals surface area contributed by atoms with Crippen molar-refractivity contribution in [3.63, 3.8) is 0 Å². The van der Waals surface area contributed by atoms with Crippen molar-refractivity contribution >= 4 is 16.9 Å². The van der Waals surface area contributed by atoms with Gasteiger partial charge in [0.25, 0.3) is 11.5 Å². The molecular formula is C23H30N4O4. The predicted molar refractivity (Wildman–Crippen MR) is 119 cm³/mol. The van der Waals surface area contributed by atoms with Gasteiger partial charge in [0.05, 0.1) is 17.5 Å². The summed E-state index contributed by atoms with van der Waals surface area (Å²) in [6.07, 6.45) is 0.688. The summed E-state index contributed by atoms with van der Waals surface area (Å²) < 4.78 is 7.11. The van der Waals surface area contributed by atoms with Gasteiger partial charge < -0.3 is 9.32 Å². The van der Waals surface area contributed by atoms with Gasteiger partial charge in [-0.1, -0.05) is 20.8 Å². The number of hydrogen-bond donors (Lipinski definition) is 1. The zero-order chi connectivity index (χ0) is 22.9. The Morgan fingerprint density at radius 1 is 1.23 bits per heavy atom. The van der Waals surface area contributed by atoms with E-state index in [0.29, 0.717) is 24.4 Å². The van der Waals surface area contributed by atoms with Gasteiger partial charge in [0.2, 0.25) is 0 Å². The molecule has 1 N–H and O–H groups in total. The number of rotatable bonds is 7. The third kappa shape index (κ3) is 4.47. The summed E-state index contributed by atoms with van der Waals surface area (Å²) in [5.74, 6) is 1.15. The summed E-state index contributed by atoms with van der Waals surface area (Å²) in [5, 5.41) is 0.142. The van der Waals surface area contributed by atoms with Gasteiger partial charge in [-0.15, -0.1) is 0 Å². The topological polar surface area (TPSA) is 101 Å². The van der Waals surface area contributed by atoms with E-state index in [1.807, 2.05) is 53.7 Å². The van der Waals surface area contributed by atoms with Crippen LogP contribution in [0.15, 0.2) is 32.2 Å². The largest absolute Gasteiger partial charge is 0.464 e. The van der Waals surface area contributed by atoms with Crippen LogP contribution in [0.2, 0.25) is 0 Å². The second kappa shape index (κ2) is 8.91. The Kier molecular flexibility index (Phi) is 6.48. The number of aromatic amines is 1. The molecule has 3 heterocycles. The first kappa shape index (κ1) is 22.5. The second-order valence-corrected chi connectivity index (χ2v) is 8.40. The Balaban J connectivity index is 2.25. The van der Waals surface area contributed by atoms with Crippen molar-refractivity contribution in [2.24, 2.45) is 0 Å². The smallest absolute Gasteiger partial charge is 0.329 e. The van der Waals surface area contributed by atoms with E-state index in [1.54, 1.807) is 11.0 Å². The predicted octanol–water partition coefficient (Wildman–Crippen LogP) is 3.57. The zero-order valence-corrected chi connectivity index (χ0v) is 19.0. The first-order chi connectivity index (χ1) is 14.6. The van der Waals surface area contributed by atoms with E-state index in [1.165, 1.54) is 4.57 Å². The zero-order valence-electron chi connectivity index (χ0n) is 19.0. The highest BCUT2D eigenvalue weighted by atomic mass is 16.3. The second-order valence-electron chi connectivity index (χ2n) is 8.40. The van der Waals surface area contributed by atoms with Gasteiger partial charge in [-0.2, -0.15) is 0 Å². The molecule has 0 fully saturated rings. The molecule has 0 unspecified atom stereocenters. The number of pyridine rings is 1. The molecule has 3 aromatic heterocycles. The highest BCUT2D eigenvalue weighted by Gasteiger charge is 2.26. The normalized spacial score (nSPS) is 11.6. The molecule has 0 aliphatic carbocycles. The van der Waals surface area contributed by atoms with Crippen LogP contribution in [0.1, 0.15) is 74.5 Å². The standard InChI is InChI=1S/C23H30N4O4/c1-7-10-26-20-19(21(28)25-23(26)30)17(11-18(24-20)13(2)3)22(29)27(14(4)5)12-16-9-8-15(6)31-16/h8-9,11,13-14H,7,10,12H2,1-6H3,(H,25,28,30). The van der Waals surface area contributed by atoms with Crippen molar-refractivity contribution in [2.75, 3.05) is 0 Å². The number of hydrogen-bond acceptors (Lipinski definition) is 5. The summed E-state index contributed by atoms with van der Waals surface area (Å²) >= 11 is 0. The first-order valence-corrected chi connectivity index (χ1v) is 10.7. The van der Waals surface area contributed by atoms with Gasteiger partial charge in [-0.05, 0) is 51.3 Å². The van der Waals surface area contributed by atoms with Crippen molar-refractivity contribution < 1.29 is 9.21 Å². The number of H-pyrrole nitrogens is 1. The first-order valence-electron chi connectivity index (χ1n) is 10.7. The number of aromatic nitrogens is 3. The molecule has 0 spiro atoms. The van der Waals surface area contributed by atoms with E-state index in [0.717, 1.165) is 5.76 Å². The minimum atomic E-state index is -0.601. The Bertz CT molecular complexity index is 1220. The number of nitrogens with zero attached hydrogens (tertiary/aromatic N) is 3. The quantitative estimate of drug-likeness (QED) is 0.622. The van der Waals surface area contributed by atoms with Crippen molar-refractivity contribution in [2.45, 2.75) is 73.0 Å². The summed E-state index contributed by atoms with van der Waals surface area (Å²) in [4.78, 5) is 47.6.